The van der Waals surface area contributed by atoms with E-state index in [1.165, 1.54) is 0 Å². The van der Waals surface area contributed by atoms with Crippen LogP contribution in [0.5, 0.6) is 0 Å². The van der Waals surface area contributed by atoms with Gasteiger partial charge in [-0.25, -0.2) is 0 Å². The molecule has 2 atom stereocenters. The van der Waals surface area contributed by atoms with Gasteiger partial charge in [-0.1, -0.05) is 30.3 Å². The first-order valence-corrected chi connectivity index (χ1v) is 6.21. The topological polar surface area (TPSA) is 20.3 Å². The van der Waals surface area contributed by atoms with Crippen molar-refractivity contribution >= 4 is 18.4 Å². The van der Waals surface area contributed by atoms with Gasteiger partial charge >= 0.3 is 0 Å². The molecule has 1 aliphatic heterocycles. The number of ketones is 1. The molecule has 0 bridgehead atoms. The number of hydrogen-bond acceptors (Lipinski definition) is 3. The van der Waals surface area contributed by atoms with Crippen LogP contribution < -0.4 is 0 Å². The zero-order valence-electron chi connectivity index (χ0n) is 9.47. The van der Waals surface area contributed by atoms with Crippen LogP contribution in [0.2, 0.25) is 0 Å². The Morgan fingerprint density at radius 3 is 2.69 bits per heavy atom. The SMILES string of the molecule is CC(C(=O)c1ccccc1)N1CCC(S)C1. The van der Waals surface area contributed by atoms with E-state index in [2.05, 4.69) is 17.5 Å². The highest BCUT2D eigenvalue weighted by Gasteiger charge is 2.28. The van der Waals surface area contributed by atoms with E-state index in [1.54, 1.807) is 0 Å². The van der Waals surface area contributed by atoms with E-state index in [4.69, 9.17) is 0 Å². The maximum atomic E-state index is 12.2. The van der Waals surface area contributed by atoms with Crippen LogP contribution >= 0.6 is 12.6 Å². The monoisotopic (exact) mass is 235 g/mol. The van der Waals surface area contributed by atoms with Crippen LogP contribution in [-0.2, 0) is 0 Å². The molecule has 2 rings (SSSR count). The molecule has 86 valence electrons. The molecule has 0 N–H and O–H groups in total. The summed E-state index contributed by atoms with van der Waals surface area (Å²) >= 11 is 4.45. The van der Waals surface area contributed by atoms with Crippen LogP contribution in [0.25, 0.3) is 0 Å². The minimum Gasteiger partial charge on any atom is -0.292 e. The maximum Gasteiger partial charge on any atom is 0.179 e. The number of hydrogen-bond donors (Lipinski definition) is 1. The van der Waals surface area contributed by atoms with Crippen LogP contribution in [0, 0.1) is 0 Å². The van der Waals surface area contributed by atoms with Crippen molar-refractivity contribution in [2.45, 2.75) is 24.6 Å². The third-order valence-electron chi connectivity index (χ3n) is 3.18. The number of benzene rings is 1. The highest BCUT2D eigenvalue weighted by molar-refractivity contribution is 7.81. The van der Waals surface area contributed by atoms with Gasteiger partial charge in [-0.05, 0) is 19.9 Å². The fourth-order valence-corrected chi connectivity index (χ4v) is 2.45. The van der Waals surface area contributed by atoms with E-state index in [1.807, 2.05) is 37.3 Å². The van der Waals surface area contributed by atoms with Crippen molar-refractivity contribution < 1.29 is 4.79 Å². The molecule has 0 spiro atoms. The van der Waals surface area contributed by atoms with Crippen molar-refractivity contribution in [1.82, 2.24) is 4.90 Å². The third kappa shape index (κ3) is 2.47. The largest absolute Gasteiger partial charge is 0.292 e. The number of Topliss-reactive ketones (excluding diaryl/α,β-unsaturated/α-hetero) is 1. The summed E-state index contributed by atoms with van der Waals surface area (Å²) in [6.07, 6.45) is 1.08. The first-order chi connectivity index (χ1) is 7.68. The van der Waals surface area contributed by atoms with Crippen LogP contribution in [0.4, 0.5) is 0 Å². The number of thiol groups is 1. The molecular formula is C13H17NOS. The van der Waals surface area contributed by atoms with Crippen LogP contribution in [0.1, 0.15) is 23.7 Å². The number of nitrogens with zero attached hydrogens (tertiary/aromatic N) is 1. The summed E-state index contributed by atoms with van der Waals surface area (Å²) in [4.78, 5) is 14.4. The molecule has 1 fully saturated rings. The first kappa shape index (κ1) is 11.7. The van der Waals surface area contributed by atoms with Gasteiger partial charge in [0.2, 0.25) is 0 Å². The van der Waals surface area contributed by atoms with Gasteiger partial charge in [-0.2, -0.15) is 12.6 Å². The van der Waals surface area contributed by atoms with Gasteiger partial charge in [0.15, 0.2) is 5.78 Å². The standard InChI is InChI=1S/C13H17NOS/c1-10(14-8-7-12(16)9-14)13(15)11-5-3-2-4-6-11/h2-6,10,12,16H,7-9H2,1H3. The Bertz CT molecular complexity index is 365. The number of carbonyl (C=O) groups excluding carboxylic acids is 1. The lowest BCUT2D eigenvalue weighted by Gasteiger charge is -2.22. The minimum absolute atomic E-state index is 0.0282. The Balaban J connectivity index is 2.05. The molecule has 1 saturated heterocycles. The highest BCUT2D eigenvalue weighted by atomic mass is 32.1. The van der Waals surface area contributed by atoms with Gasteiger partial charge in [0.05, 0.1) is 6.04 Å². The lowest BCUT2D eigenvalue weighted by Crippen LogP contribution is -2.37. The van der Waals surface area contributed by atoms with Gasteiger partial charge in [-0.3, -0.25) is 9.69 Å². The Morgan fingerprint density at radius 2 is 2.12 bits per heavy atom. The average Bonchev–Trinajstić information content (AvgIpc) is 2.75. The minimum atomic E-state index is -0.0282. The van der Waals surface area contributed by atoms with Crippen molar-refractivity contribution in [1.29, 1.82) is 0 Å². The fourth-order valence-electron chi connectivity index (χ4n) is 2.13. The first-order valence-electron chi connectivity index (χ1n) is 5.70. The Morgan fingerprint density at radius 1 is 1.44 bits per heavy atom. The molecule has 0 radical (unpaired) electrons. The van der Waals surface area contributed by atoms with Crippen molar-refractivity contribution in [3.05, 3.63) is 35.9 Å². The molecule has 1 aromatic rings. The average molecular weight is 235 g/mol. The van der Waals surface area contributed by atoms with Gasteiger partial charge in [-0.15, -0.1) is 0 Å². The van der Waals surface area contributed by atoms with Crippen molar-refractivity contribution in [2.24, 2.45) is 0 Å². The van der Waals surface area contributed by atoms with E-state index < -0.39 is 0 Å². The molecule has 1 aromatic carbocycles. The van der Waals surface area contributed by atoms with E-state index in [-0.39, 0.29) is 11.8 Å². The third-order valence-corrected chi connectivity index (χ3v) is 3.60. The van der Waals surface area contributed by atoms with Gasteiger partial charge in [0, 0.05) is 17.4 Å². The van der Waals surface area contributed by atoms with Crippen molar-refractivity contribution in [3.63, 3.8) is 0 Å². The lowest BCUT2D eigenvalue weighted by atomic mass is 10.0. The molecule has 2 nitrogen and oxygen atoms in total. The molecule has 1 heterocycles. The zero-order chi connectivity index (χ0) is 11.5. The van der Waals surface area contributed by atoms with Crippen molar-refractivity contribution in [3.8, 4) is 0 Å². The van der Waals surface area contributed by atoms with Gasteiger partial charge in [0.25, 0.3) is 0 Å². The van der Waals surface area contributed by atoms with Gasteiger partial charge < -0.3 is 0 Å². The van der Waals surface area contributed by atoms with Crippen LogP contribution in [-0.4, -0.2) is 35.1 Å². The predicted octanol–water partition coefficient (Wildman–Crippen LogP) is 2.26. The predicted molar refractivity (Wildman–Crippen MR) is 69.2 cm³/mol. The summed E-state index contributed by atoms with van der Waals surface area (Å²) in [6.45, 7) is 3.89. The molecule has 3 heteroatoms. The van der Waals surface area contributed by atoms with E-state index >= 15 is 0 Å². The van der Waals surface area contributed by atoms with Gasteiger partial charge in [0.1, 0.15) is 0 Å². The molecule has 0 aliphatic carbocycles. The molecule has 0 aromatic heterocycles. The number of carbonyl (C=O) groups is 1. The molecule has 0 amide bonds. The lowest BCUT2D eigenvalue weighted by molar-refractivity contribution is 0.0867. The zero-order valence-corrected chi connectivity index (χ0v) is 10.4. The quantitative estimate of drug-likeness (QED) is 0.640. The number of likely N-dealkylation sites (tertiary alicyclic amines) is 1. The van der Waals surface area contributed by atoms with E-state index in [0.717, 1.165) is 25.1 Å². The second-order valence-corrected chi connectivity index (χ2v) is 5.07. The Kier molecular flexibility index (Phi) is 3.66. The highest BCUT2D eigenvalue weighted by Crippen LogP contribution is 2.19. The summed E-state index contributed by atoms with van der Waals surface area (Å²) in [5.74, 6) is 0.211. The second-order valence-electron chi connectivity index (χ2n) is 4.34. The molecule has 16 heavy (non-hydrogen) atoms. The Hall–Kier alpha value is -0.800. The maximum absolute atomic E-state index is 12.2. The van der Waals surface area contributed by atoms with Crippen molar-refractivity contribution in [2.75, 3.05) is 13.1 Å². The van der Waals surface area contributed by atoms with E-state index in [0.29, 0.717) is 5.25 Å². The van der Waals surface area contributed by atoms with Crippen LogP contribution in [0.15, 0.2) is 30.3 Å². The Labute approximate surface area is 102 Å². The normalized spacial score (nSPS) is 23.2. The summed E-state index contributed by atoms with van der Waals surface area (Å²) in [6, 6.07) is 9.48. The smallest absolute Gasteiger partial charge is 0.179 e. The number of rotatable bonds is 3. The summed E-state index contributed by atoms with van der Waals surface area (Å²) < 4.78 is 0. The summed E-state index contributed by atoms with van der Waals surface area (Å²) in [5, 5.41) is 0.422. The summed E-state index contributed by atoms with van der Waals surface area (Å²) in [5.41, 5.74) is 0.803. The molecule has 1 aliphatic rings. The fraction of sp³-hybridized carbons (Fsp3) is 0.462. The molecular weight excluding hydrogens is 218 g/mol. The summed E-state index contributed by atoms with van der Waals surface area (Å²) in [7, 11) is 0. The molecule has 0 saturated carbocycles. The molecule has 2 unspecified atom stereocenters. The van der Waals surface area contributed by atoms with E-state index in [9.17, 15) is 4.79 Å². The second kappa shape index (κ2) is 5.02. The van der Waals surface area contributed by atoms with Crippen LogP contribution in [0.3, 0.4) is 0 Å².